The third-order valence-corrected chi connectivity index (χ3v) is 2.44. The third kappa shape index (κ3) is 4.71. The first kappa shape index (κ1) is 13.1. The van der Waals surface area contributed by atoms with Gasteiger partial charge in [0.2, 0.25) is 0 Å². The molecule has 0 saturated carbocycles. The Balaban J connectivity index is 2.58. The minimum atomic E-state index is 0.857. The van der Waals surface area contributed by atoms with Gasteiger partial charge in [0.25, 0.3) is 0 Å². The first-order chi connectivity index (χ1) is 7.76. The Labute approximate surface area is 98.7 Å². The molecular formula is C13H23N3. The molecule has 1 heterocycles. The van der Waals surface area contributed by atoms with Crippen LogP contribution in [0.15, 0.2) is 6.07 Å². The van der Waals surface area contributed by atoms with Crippen LogP contribution >= 0.6 is 0 Å². The smallest absolute Gasteiger partial charge is 0.128 e. The van der Waals surface area contributed by atoms with Crippen LogP contribution in [0, 0.1) is 6.92 Å². The van der Waals surface area contributed by atoms with Crippen molar-refractivity contribution in [3.05, 3.63) is 23.3 Å². The molecule has 0 aromatic carbocycles. The van der Waals surface area contributed by atoms with Crippen LogP contribution in [-0.4, -0.2) is 16.5 Å². The van der Waals surface area contributed by atoms with Crippen LogP contribution < -0.4 is 5.32 Å². The number of hydrogen-bond donors (Lipinski definition) is 1. The average molecular weight is 221 g/mol. The Morgan fingerprint density at radius 2 is 2.00 bits per heavy atom. The molecule has 0 unspecified atom stereocenters. The second-order valence-electron chi connectivity index (χ2n) is 4.20. The van der Waals surface area contributed by atoms with E-state index in [1.807, 2.05) is 6.92 Å². The van der Waals surface area contributed by atoms with E-state index in [4.69, 9.17) is 0 Å². The normalized spacial score (nSPS) is 10.7. The summed E-state index contributed by atoms with van der Waals surface area (Å²) < 4.78 is 0. The molecule has 1 aromatic heterocycles. The Morgan fingerprint density at radius 1 is 1.19 bits per heavy atom. The van der Waals surface area contributed by atoms with E-state index in [1.165, 1.54) is 12.8 Å². The molecule has 3 heteroatoms. The van der Waals surface area contributed by atoms with E-state index in [0.29, 0.717) is 0 Å². The highest BCUT2D eigenvalue weighted by Crippen LogP contribution is 2.04. The van der Waals surface area contributed by atoms with E-state index in [0.717, 1.165) is 43.1 Å². The fourth-order valence-corrected chi connectivity index (χ4v) is 1.63. The zero-order chi connectivity index (χ0) is 11.8. The van der Waals surface area contributed by atoms with Crippen molar-refractivity contribution in [2.24, 2.45) is 0 Å². The largest absolute Gasteiger partial charge is 0.311 e. The maximum atomic E-state index is 4.57. The number of nitrogens with one attached hydrogen (secondary N) is 1. The van der Waals surface area contributed by atoms with Gasteiger partial charge in [0, 0.05) is 18.7 Å². The van der Waals surface area contributed by atoms with E-state index in [1.54, 1.807) is 0 Å². The molecule has 3 nitrogen and oxygen atoms in total. The van der Waals surface area contributed by atoms with Crippen molar-refractivity contribution in [1.82, 2.24) is 15.3 Å². The molecule has 16 heavy (non-hydrogen) atoms. The van der Waals surface area contributed by atoms with Gasteiger partial charge in [-0.25, -0.2) is 9.97 Å². The van der Waals surface area contributed by atoms with Gasteiger partial charge in [-0.2, -0.15) is 0 Å². The molecule has 0 atom stereocenters. The maximum absolute atomic E-state index is 4.57. The number of rotatable bonds is 7. The van der Waals surface area contributed by atoms with Crippen LogP contribution in [0.2, 0.25) is 0 Å². The molecule has 0 radical (unpaired) electrons. The molecule has 0 aliphatic carbocycles. The highest BCUT2D eigenvalue weighted by molar-refractivity contribution is 5.10. The summed E-state index contributed by atoms with van der Waals surface area (Å²) in [5.74, 6) is 0.996. The molecule has 0 spiro atoms. The summed E-state index contributed by atoms with van der Waals surface area (Å²) in [5.41, 5.74) is 2.20. The van der Waals surface area contributed by atoms with Crippen molar-refractivity contribution < 1.29 is 0 Å². The minimum absolute atomic E-state index is 0.857. The Kier molecular flexibility index (Phi) is 6.01. The molecule has 90 valence electrons. The van der Waals surface area contributed by atoms with Crippen molar-refractivity contribution >= 4 is 0 Å². The summed E-state index contributed by atoms with van der Waals surface area (Å²) in [6, 6.07) is 2.07. The zero-order valence-electron chi connectivity index (χ0n) is 10.7. The highest BCUT2D eigenvalue weighted by atomic mass is 14.9. The fraction of sp³-hybridized carbons (Fsp3) is 0.692. The molecule has 0 saturated heterocycles. The van der Waals surface area contributed by atoms with E-state index >= 15 is 0 Å². The predicted molar refractivity (Wildman–Crippen MR) is 67.4 cm³/mol. The summed E-state index contributed by atoms with van der Waals surface area (Å²) in [5, 5.41) is 3.37. The van der Waals surface area contributed by atoms with Gasteiger partial charge in [0.15, 0.2) is 0 Å². The second kappa shape index (κ2) is 7.34. The number of unbranched alkanes of at least 4 members (excludes halogenated alkanes) is 1. The van der Waals surface area contributed by atoms with Gasteiger partial charge in [-0.15, -0.1) is 0 Å². The van der Waals surface area contributed by atoms with Crippen molar-refractivity contribution in [1.29, 1.82) is 0 Å². The lowest BCUT2D eigenvalue weighted by atomic mass is 10.2. The fourth-order valence-electron chi connectivity index (χ4n) is 1.63. The van der Waals surface area contributed by atoms with Crippen molar-refractivity contribution in [2.75, 3.05) is 6.54 Å². The molecular weight excluding hydrogens is 198 g/mol. The lowest BCUT2D eigenvalue weighted by molar-refractivity contribution is 0.653. The molecule has 1 rings (SSSR count). The van der Waals surface area contributed by atoms with E-state index in [2.05, 4.69) is 35.2 Å². The van der Waals surface area contributed by atoms with E-state index < -0.39 is 0 Å². The van der Waals surface area contributed by atoms with Crippen LogP contribution in [0.4, 0.5) is 0 Å². The molecule has 1 aromatic rings. The molecule has 0 aliphatic rings. The summed E-state index contributed by atoms with van der Waals surface area (Å²) in [6.45, 7) is 8.31. The Hall–Kier alpha value is -0.960. The first-order valence-electron chi connectivity index (χ1n) is 6.30. The highest BCUT2D eigenvalue weighted by Gasteiger charge is 2.01. The third-order valence-electron chi connectivity index (χ3n) is 2.44. The van der Waals surface area contributed by atoms with Crippen LogP contribution in [0.5, 0.6) is 0 Å². The van der Waals surface area contributed by atoms with Gasteiger partial charge in [-0.1, -0.05) is 20.3 Å². The van der Waals surface area contributed by atoms with Gasteiger partial charge < -0.3 is 5.32 Å². The molecule has 0 fully saturated rings. The van der Waals surface area contributed by atoms with Crippen LogP contribution in [-0.2, 0) is 13.0 Å². The Morgan fingerprint density at radius 3 is 2.69 bits per heavy atom. The van der Waals surface area contributed by atoms with Crippen molar-refractivity contribution in [2.45, 2.75) is 53.0 Å². The maximum Gasteiger partial charge on any atom is 0.128 e. The predicted octanol–water partition coefficient (Wildman–Crippen LogP) is 2.63. The number of aromatic nitrogens is 2. The summed E-state index contributed by atoms with van der Waals surface area (Å²) in [4.78, 5) is 9.03. The monoisotopic (exact) mass is 221 g/mol. The van der Waals surface area contributed by atoms with Crippen molar-refractivity contribution in [3.63, 3.8) is 0 Å². The van der Waals surface area contributed by atoms with Gasteiger partial charge in [0.1, 0.15) is 5.82 Å². The minimum Gasteiger partial charge on any atom is -0.311 e. The van der Waals surface area contributed by atoms with Crippen LogP contribution in [0.25, 0.3) is 0 Å². The Bertz CT molecular complexity index is 310. The number of aryl methyl sites for hydroxylation is 2. The van der Waals surface area contributed by atoms with Gasteiger partial charge >= 0.3 is 0 Å². The summed E-state index contributed by atoms with van der Waals surface area (Å²) >= 11 is 0. The van der Waals surface area contributed by atoms with Crippen LogP contribution in [0.1, 0.15) is 50.3 Å². The van der Waals surface area contributed by atoms with E-state index in [-0.39, 0.29) is 0 Å². The van der Waals surface area contributed by atoms with E-state index in [9.17, 15) is 0 Å². The first-order valence-corrected chi connectivity index (χ1v) is 6.30. The van der Waals surface area contributed by atoms with Gasteiger partial charge in [0.05, 0.1) is 5.69 Å². The summed E-state index contributed by atoms with van der Waals surface area (Å²) in [6.07, 6.45) is 4.53. The number of hydrogen-bond acceptors (Lipinski definition) is 3. The molecule has 0 amide bonds. The standard InChI is InChI=1S/C13H23N3/c1-4-6-7-13-15-11(3)9-12(16-13)10-14-8-5-2/h9,14H,4-8,10H2,1-3H3. The van der Waals surface area contributed by atoms with Gasteiger partial charge in [-0.05, 0) is 32.4 Å². The lowest BCUT2D eigenvalue weighted by Crippen LogP contribution is -2.16. The molecule has 0 aliphatic heterocycles. The van der Waals surface area contributed by atoms with Gasteiger partial charge in [-0.3, -0.25) is 0 Å². The quantitative estimate of drug-likeness (QED) is 0.719. The summed E-state index contributed by atoms with van der Waals surface area (Å²) in [7, 11) is 0. The SMILES string of the molecule is CCCCc1nc(C)cc(CNCCC)n1. The van der Waals surface area contributed by atoms with Crippen LogP contribution in [0.3, 0.4) is 0 Å². The number of nitrogens with zero attached hydrogens (tertiary/aromatic N) is 2. The van der Waals surface area contributed by atoms with Crippen molar-refractivity contribution in [3.8, 4) is 0 Å². The topological polar surface area (TPSA) is 37.8 Å². The average Bonchev–Trinajstić information content (AvgIpc) is 2.26. The lowest BCUT2D eigenvalue weighted by Gasteiger charge is -2.06. The zero-order valence-corrected chi connectivity index (χ0v) is 10.7. The second-order valence-corrected chi connectivity index (χ2v) is 4.20. The molecule has 0 bridgehead atoms. The molecule has 1 N–H and O–H groups in total.